The first kappa shape index (κ1) is 21.2. The van der Waals surface area contributed by atoms with E-state index in [1.54, 1.807) is 6.07 Å². The van der Waals surface area contributed by atoms with Crippen molar-refractivity contribution >= 4 is 11.9 Å². The monoisotopic (exact) mass is 401 g/mol. The third-order valence-corrected chi connectivity index (χ3v) is 6.18. The molecule has 6 nitrogen and oxygen atoms in total. The van der Waals surface area contributed by atoms with E-state index >= 15 is 0 Å². The fraction of sp³-hybridized carbons (Fsp3) is 0.565. The van der Waals surface area contributed by atoms with Crippen molar-refractivity contribution in [1.82, 2.24) is 5.32 Å². The average molecular weight is 402 g/mol. The van der Waals surface area contributed by atoms with Crippen molar-refractivity contribution in [3.05, 3.63) is 34.9 Å². The van der Waals surface area contributed by atoms with Crippen LogP contribution in [0.25, 0.3) is 0 Å². The Bertz CT molecular complexity index is 878. The topological polar surface area (TPSA) is 95.9 Å². The number of amides is 1. The third kappa shape index (κ3) is 3.98. The maximum atomic E-state index is 12.6. The second kappa shape index (κ2) is 7.08. The molecule has 0 spiro atoms. The van der Waals surface area contributed by atoms with Gasteiger partial charge in [0, 0.05) is 23.0 Å². The van der Waals surface area contributed by atoms with Crippen LogP contribution in [-0.2, 0) is 15.0 Å². The summed E-state index contributed by atoms with van der Waals surface area (Å²) in [6.07, 6.45) is 2.94. The zero-order valence-electron chi connectivity index (χ0n) is 18.0. The molecular formula is C23H31NO5. The number of aromatic hydroxyl groups is 1. The highest BCUT2D eigenvalue weighted by atomic mass is 16.5. The lowest BCUT2D eigenvalue weighted by Crippen LogP contribution is -2.47. The highest BCUT2D eigenvalue weighted by Gasteiger charge is 2.47. The van der Waals surface area contributed by atoms with Crippen LogP contribution in [0.1, 0.15) is 71.4 Å². The van der Waals surface area contributed by atoms with Crippen LogP contribution in [0.15, 0.2) is 23.8 Å². The first-order chi connectivity index (χ1) is 13.3. The van der Waals surface area contributed by atoms with Crippen LogP contribution in [0.5, 0.6) is 11.5 Å². The van der Waals surface area contributed by atoms with Gasteiger partial charge < -0.3 is 20.3 Å². The Morgan fingerprint density at radius 2 is 1.93 bits per heavy atom. The molecule has 1 aliphatic carbocycles. The van der Waals surface area contributed by atoms with Crippen molar-refractivity contribution < 1.29 is 24.5 Å². The van der Waals surface area contributed by atoms with Crippen molar-refractivity contribution in [1.29, 1.82) is 0 Å². The molecule has 0 saturated heterocycles. The minimum absolute atomic E-state index is 0.0753. The number of carboxylic acid groups (broad SMARTS) is 1. The third-order valence-electron chi connectivity index (χ3n) is 6.18. The van der Waals surface area contributed by atoms with Crippen LogP contribution >= 0.6 is 0 Å². The maximum Gasteiger partial charge on any atom is 0.325 e. The molecule has 1 aromatic rings. The molecule has 0 aromatic heterocycles. The van der Waals surface area contributed by atoms with Gasteiger partial charge in [0.15, 0.2) is 0 Å². The first-order valence-corrected chi connectivity index (χ1v) is 10.1. The molecule has 1 aliphatic heterocycles. The molecular weight excluding hydrogens is 370 g/mol. The molecule has 3 atom stereocenters. The molecule has 3 N–H and O–H groups in total. The standard InChI is InChI=1S/C23H31NO5/c1-12(21(27)28)24-20(26)13-7-8-16-15(9-13)19-17(25)10-14(22(2,3)4)11-18(19)29-23(16,5)6/h7,10-12,15-16,25H,8-9H2,1-6H3,(H,24,26)(H,27,28)/t12-,15-,16-/m1/s1. The van der Waals surface area contributed by atoms with Gasteiger partial charge in [-0.3, -0.25) is 9.59 Å². The van der Waals surface area contributed by atoms with Crippen molar-refractivity contribution in [2.24, 2.45) is 5.92 Å². The Morgan fingerprint density at radius 3 is 2.52 bits per heavy atom. The fourth-order valence-corrected chi connectivity index (χ4v) is 4.37. The van der Waals surface area contributed by atoms with Crippen LogP contribution in [0, 0.1) is 5.92 Å². The Kier molecular flexibility index (Phi) is 5.18. The van der Waals surface area contributed by atoms with Crippen molar-refractivity contribution in [2.45, 2.75) is 77.4 Å². The molecule has 158 valence electrons. The number of carbonyl (C=O) groups is 2. The van der Waals surface area contributed by atoms with Gasteiger partial charge in [0.05, 0.1) is 0 Å². The van der Waals surface area contributed by atoms with E-state index in [0.717, 1.165) is 11.1 Å². The SMILES string of the molecule is C[C@@H](NC(=O)C1=CC[C@@H]2[C@@H](C1)c1c(O)cc(C(C)(C)C)cc1OC2(C)C)C(=O)O. The Balaban J connectivity index is 1.98. The lowest BCUT2D eigenvalue weighted by Gasteiger charge is -2.47. The second-order valence-electron chi connectivity index (χ2n) is 9.78. The summed E-state index contributed by atoms with van der Waals surface area (Å²) in [7, 11) is 0. The average Bonchev–Trinajstić information content (AvgIpc) is 2.59. The number of benzene rings is 1. The van der Waals surface area contributed by atoms with E-state index in [2.05, 4.69) is 26.1 Å². The Morgan fingerprint density at radius 1 is 1.28 bits per heavy atom. The van der Waals surface area contributed by atoms with Crippen LogP contribution in [-0.4, -0.2) is 33.7 Å². The molecule has 3 rings (SSSR count). The van der Waals surface area contributed by atoms with Crippen LogP contribution in [0.2, 0.25) is 0 Å². The van der Waals surface area contributed by atoms with Gasteiger partial charge in [0.1, 0.15) is 23.1 Å². The molecule has 6 heteroatoms. The van der Waals surface area contributed by atoms with Gasteiger partial charge >= 0.3 is 5.97 Å². The molecule has 0 fully saturated rings. The molecule has 1 amide bonds. The number of rotatable bonds is 3. The number of carboxylic acids is 1. The number of allylic oxidation sites excluding steroid dienone is 1. The Hall–Kier alpha value is -2.50. The predicted octanol–water partition coefficient (Wildman–Crippen LogP) is 3.87. The lowest BCUT2D eigenvalue weighted by atomic mass is 9.66. The van der Waals surface area contributed by atoms with E-state index < -0.39 is 17.6 Å². The summed E-state index contributed by atoms with van der Waals surface area (Å²) in [5.74, 6) is -0.545. The number of hydrogen-bond acceptors (Lipinski definition) is 4. The normalized spacial score (nSPS) is 23.7. The van der Waals surface area contributed by atoms with Gasteiger partial charge in [-0.2, -0.15) is 0 Å². The van der Waals surface area contributed by atoms with Crippen LogP contribution in [0.3, 0.4) is 0 Å². The number of aliphatic carboxylic acids is 1. The van der Waals surface area contributed by atoms with Gasteiger partial charge in [-0.05, 0) is 56.7 Å². The van der Waals surface area contributed by atoms with E-state index in [0.29, 0.717) is 24.2 Å². The first-order valence-electron chi connectivity index (χ1n) is 10.1. The van der Waals surface area contributed by atoms with E-state index in [1.165, 1.54) is 6.92 Å². The number of carbonyl (C=O) groups excluding carboxylic acids is 1. The largest absolute Gasteiger partial charge is 0.508 e. The number of hydrogen-bond donors (Lipinski definition) is 3. The van der Waals surface area contributed by atoms with E-state index in [-0.39, 0.29) is 28.9 Å². The maximum absolute atomic E-state index is 12.6. The second-order valence-corrected chi connectivity index (χ2v) is 9.78. The molecule has 2 aliphatic rings. The van der Waals surface area contributed by atoms with Crippen molar-refractivity contribution in [2.75, 3.05) is 0 Å². The van der Waals surface area contributed by atoms with E-state index in [1.807, 2.05) is 26.0 Å². The van der Waals surface area contributed by atoms with E-state index in [9.17, 15) is 14.7 Å². The lowest BCUT2D eigenvalue weighted by molar-refractivity contribution is -0.140. The smallest absolute Gasteiger partial charge is 0.325 e. The minimum Gasteiger partial charge on any atom is -0.508 e. The summed E-state index contributed by atoms with van der Waals surface area (Å²) >= 11 is 0. The summed E-state index contributed by atoms with van der Waals surface area (Å²) in [6, 6.07) is 2.84. The van der Waals surface area contributed by atoms with Gasteiger partial charge in [0.25, 0.3) is 0 Å². The predicted molar refractivity (Wildman–Crippen MR) is 110 cm³/mol. The van der Waals surface area contributed by atoms with Gasteiger partial charge in [-0.1, -0.05) is 26.8 Å². The van der Waals surface area contributed by atoms with Gasteiger partial charge in [-0.15, -0.1) is 0 Å². The summed E-state index contributed by atoms with van der Waals surface area (Å²) in [5.41, 5.74) is 1.70. The number of nitrogens with one attached hydrogen (secondary N) is 1. The summed E-state index contributed by atoms with van der Waals surface area (Å²) in [5, 5.41) is 22.5. The fourth-order valence-electron chi connectivity index (χ4n) is 4.37. The summed E-state index contributed by atoms with van der Waals surface area (Å²) in [6.45, 7) is 11.8. The molecule has 0 unspecified atom stereocenters. The number of phenols is 1. The van der Waals surface area contributed by atoms with Gasteiger partial charge in [-0.25, -0.2) is 0 Å². The highest BCUT2D eigenvalue weighted by molar-refractivity contribution is 5.96. The zero-order chi connectivity index (χ0) is 21.7. The molecule has 0 radical (unpaired) electrons. The number of phenolic OH excluding ortho intramolecular Hbond substituents is 1. The number of ether oxygens (including phenoxy) is 1. The summed E-state index contributed by atoms with van der Waals surface area (Å²) < 4.78 is 6.33. The summed E-state index contributed by atoms with van der Waals surface area (Å²) in [4.78, 5) is 23.7. The molecule has 1 aromatic carbocycles. The molecule has 0 bridgehead atoms. The van der Waals surface area contributed by atoms with Crippen molar-refractivity contribution in [3.8, 4) is 11.5 Å². The quantitative estimate of drug-likeness (QED) is 0.715. The molecule has 1 heterocycles. The van der Waals surface area contributed by atoms with Crippen LogP contribution in [0.4, 0.5) is 0 Å². The minimum atomic E-state index is -1.07. The Labute approximate surface area is 172 Å². The van der Waals surface area contributed by atoms with Gasteiger partial charge in [0.2, 0.25) is 5.91 Å². The number of fused-ring (bicyclic) bond motifs is 3. The van der Waals surface area contributed by atoms with Crippen molar-refractivity contribution in [3.63, 3.8) is 0 Å². The highest BCUT2D eigenvalue weighted by Crippen LogP contribution is 2.54. The van der Waals surface area contributed by atoms with Crippen LogP contribution < -0.4 is 10.1 Å². The molecule has 29 heavy (non-hydrogen) atoms. The molecule has 0 saturated carbocycles. The van der Waals surface area contributed by atoms with E-state index in [4.69, 9.17) is 9.84 Å². The zero-order valence-corrected chi connectivity index (χ0v) is 18.0.